The second kappa shape index (κ2) is 5.71. The van der Waals surface area contributed by atoms with Gasteiger partial charge in [-0.3, -0.25) is 10.2 Å². The van der Waals surface area contributed by atoms with Gasteiger partial charge in [-0.2, -0.15) is 0 Å². The van der Waals surface area contributed by atoms with Crippen LogP contribution in [0.5, 0.6) is 0 Å². The maximum Gasteiger partial charge on any atom is 0.0655 e. The van der Waals surface area contributed by atoms with Crippen LogP contribution in [-0.4, -0.2) is 41.3 Å². The summed E-state index contributed by atoms with van der Waals surface area (Å²) in [4.78, 5) is 2.85. The monoisotopic (exact) mass is 321 g/mol. The van der Waals surface area contributed by atoms with E-state index >= 15 is 0 Å². The predicted molar refractivity (Wildman–Crippen MR) is 98.4 cm³/mol. The summed E-state index contributed by atoms with van der Waals surface area (Å²) in [5.41, 5.74) is 0.503. The Morgan fingerprint density at radius 2 is 1.70 bits per heavy atom. The molecule has 2 N–H and O–H groups in total. The second-order valence-electron chi connectivity index (χ2n) is 10.6. The van der Waals surface area contributed by atoms with E-state index in [1.807, 2.05) is 0 Å². The molecule has 3 aliphatic rings. The first-order valence-electron chi connectivity index (χ1n) is 9.81. The fraction of sp³-hybridized carbons (Fsp3) is 1.00. The third-order valence-electron chi connectivity index (χ3n) is 6.51. The van der Waals surface area contributed by atoms with Gasteiger partial charge in [0.25, 0.3) is 0 Å². The molecule has 0 aromatic carbocycles. The Morgan fingerprint density at radius 3 is 2.22 bits per heavy atom. The number of nitrogens with one attached hydrogen (secondary N) is 2. The molecule has 3 heteroatoms. The van der Waals surface area contributed by atoms with Gasteiger partial charge in [0, 0.05) is 29.6 Å². The van der Waals surface area contributed by atoms with Crippen LogP contribution >= 0.6 is 0 Å². The van der Waals surface area contributed by atoms with Gasteiger partial charge in [-0.25, -0.2) is 0 Å². The highest BCUT2D eigenvalue weighted by Gasteiger charge is 2.62. The Balaban J connectivity index is 2.04. The van der Waals surface area contributed by atoms with E-state index in [4.69, 9.17) is 0 Å². The van der Waals surface area contributed by atoms with Crippen LogP contribution < -0.4 is 10.6 Å². The number of piperidine rings is 1. The van der Waals surface area contributed by atoms with Crippen molar-refractivity contribution in [2.24, 2.45) is 23.2 Å². The van der Waals surface area contributed by atoms with Gasteiger partial charge >= 0.3 is 0 Å². The molecule has 0 aromatic rings. The van der Waals surface area contributed by atoms with Crippen molar-refractivity contribution in [1.82, 2.24) is 15.5 Å². The quantitative estimate of drug-likeness (QED) is 0.774. The third kappa shape index (κ3) is 2.87. The van der Waals surface area contributed by atoms with Crippen molar-refractivity contribution in [1.29, 1.82) is 0 Å². The molecule has 3 heterocycles. The Labute approximate surface area is 144 Å². The summed E-state index contributed by atoms with van der Waals surface area (Å²) in [5, 5.41) is 7.95. The van der Waals surface area contributed by atoms with Gasteiger partial charge in [-0.05, 0) is 57.4 Å². The molecule has 0 saturated carbocycles. The number of fused-ring (bicyclic) bond motifs is 3. The second-order valence-corrected chi connectivity index (χ2v) is 10.6. The van der Waals surface area contributed by atoms with Crippen molar-refractivity contribution >= 4 is 0 Å². The Kier molecular flexibility index (Phi) is 4.39. The average molecular weight is 322 g/mol. The molecule has 0 bridgehead atoms. The topological polar surface area (TPSA) is 27.3 Å². The molecule has 3 aliphatic heterocycles. The molecule has 0 spiro atoms. The van der Waals surface area contributed by atoms with E-state index in [1.54, 1.807) is 0 Å². The van der Waals surface area contributed by atoms with E-state index in [0.29, 0.717) is 29.7 Å². The van der Waals surface area contributed by atoms with Crippen molar-refractivity contribution in [3.63, 3.8) is 0 Å². The van der Waals surface area contributed by atoms with Crippen LogP contribution in [0.2, 0.25) is 0 Å². The summed E-state index contributed by atoms with van der Waals surface area (Å²) in [6.07, 6.45) is 3.19. The maximum atomic E-state index is 4.06. The summed E-state index contributed by atoms with van der Waals surface area (Å²) < 4.78 is 0. The van der Waals surface area contributed by atoms with Gasteiger partial charge in [0.2, 0.25) is 0 Å². The van der Waals surface area contributed by atoms with Gasteiger partial charge in [-0.1, -0.05) is 34.6 Å². The lowest BCUT2D eigenvalue weighted by Gasteiger charge is -2.48. The highest BCUT2D eigenvalue weighted by molar-refractivity contribution is 5.16. The molecule has 0 amide bonds. The van der Waals surface area contributed by atoms with Gasteiger partial charge in [0.1, 0.15) is 0 Å². The zero-order valence-electron chi connectivity index (χ0n) is 16.6. The first-order valence-corrected chi connectivity index (χ1v) is 9.81. The molecule has 3 saturated heterocycles. The van der Waals surface area contributed by atoms with Crippen LogP contribution in [0.3, 0.4) is 0 Å². The van der Waals surface area contributed by atoms with Gasteiger partial charge in [0.05, 0.1) is 6.17 Å². The number of nitrogens with zero attached hydrogens (tertiary/aromatic N) is 1. The number of hydrogen-bond acceptors (Lipinski definition) is 3. The van der Waals surface area contributed by atoms with E-state index in [-0.39, 0.29) is 5.54 Å². The first kappa shape index (κ1) is 17.7. The molecule has 3 fully saturated rings. The lowest BCUT2D eigenvalue weighted by molar-refractivity contribution is -0.00410. The summed E-state index contributed by atoms with van der Waals surface area (Å²) in [6, 6.07) is 1.97. The predicted octanol–water partition coefficient (Wildman–Crippen LogP) is 3.45. The molecule has 23 heavy (non-hydrogen) atoms. The van der Waals surface area contributed by atoms with Crippen molar-refractivity contribution < 1.29 is 0 Å². The van der Waals surface area contributed by atoms with Crippen molar-refractivity contribution in [3.8, 4) is 0 Å². The van der Waals surface area contributed by atoms with Crippen molar-refractivity contribution in [3.05, 3.63) is 0 Å². The fourth-order valence-electron chi connectivity index (χ4n) is 5.95. The summed E-state index contributed by atoms with van der Waals surface area (Å²) in [5.74, 6) is 2.22. The highest BCUT2D eigenvalue weighted by Crippen LogP contribution is 2.53. The van der Waals surface area contributed by atoms with Crippen LogP contribution in [0.25, 0.3) is 0 Å². The van der Waals surface area contributed by atoms with Crippen LogP contribution in [-0.2, 0) is 0 Å². The molecule has 0 aromatic heterocycles. The van der Waals surface area contributed by atoms with Crippen LogP contribution in [0.15, 0.2) is 0 Å². The highest BCUT2D eigenvalue weighted by atomic mass is 15.4. The van der Waals surface area contributed by atoms with E-state index in [9.17, 15) is 0 Å². The molecule has 0 aliphatic carbocycles. The largest absolute Gasteiger partial charge is 0.312 e. The summed E-state index contributed by atoms with van der Waals surface area (Å²) in [6.45, 7) is 20.6. The Bertz CT molecular complexity index is 431. The average Bonchev–Trinajstić information content (AvgIpc) is 2.89. The van der Waals surface area contributed by atoms with Gasteiger partial charge in [0.15, 0.2) is 0 Å². The van der Waals surface area contributed by atoms with Gasteiger partial charge in [-0.15, -0.1) is 0 Å². The smallest absolute Gasteiger partial charge is 0.0655 e. The lowest BCUT2D eigenvalue weighted by atomic mass is 9.69. The summed E-state index contributed by atoms with van der Waals surface area (Å²) in [7, 11) is 0. The minimum absolute atomic E-state index is 0.199. The zero-order valence-corrected chi connectivity index (χ0v) is 16.6. The minimum atomic E-state index is 0.199. The number of likely N-dealkylation sites (tertiary alicyclic amines) is 1. The number of hydrogen-bond donors (Lipinski definition) is 2. The van der Waals surface area contributed by atoms with E-state index in [1.165, 1.54) is 19.4 Å². The fourth-order valence-corrected chi connectivity index (χ4v) is 5.95. The molecule has 3 rings (SSSR count). The maximum absolute atomic E-state index is 4.06. The Morgan fingerprint density at radius 1 is 1.04 bits per heavy atom. The van der Waals surface area contributed by atoms with E-state index in [0.717, 1.165) is 17.8 Å². The van der Waals surface area contributed by atoms with Crippen molar-refractivity contribution in [2.75, 3.05) is 6.54 Å². The van der Waals surface area contributed by atoms with Crippen LogP contribution in [0.4, 0.5) is 0 Å². The van der Waals surface area contributed by atoms with Gasteiger partial charge < -0.3 is 5.32 Å². The molecular weight excluding hydrogens is 282 g/mol. The lowest BCUT2D eigenvalue weighted by Crippen LogP contribution is -2.59. The normalized spacial score (nSPS) is 42.1. The first-order chi connectivity index (χ1) is 10.5. The van der Waals surface area contributed by atoms with Crippen molar-refractivity contribution in [2.45, 2.75) is 98.1 Å². The standard InChI is InChI=1S/C20H39N3/c1-12(2)14-15-16-13(10-9-11-21-16)22-18(15)23(20(6,7)8)17(14)19(3,4)5/h12-18,21-22H,9-11H2,1-8H3. The summed E-state index contributed by atoms with van der Waals surface area (Å²) >= 11 is 0. The Hall–Kier alpha value is -0.120. The molecule has 134 valence electrons. The van der Waals surface area contributed by atoms with E-state index in [2.05, 4.69) is 70.9 Å². The molecule has 6 atom stereocenters. The number of rotatable bonds is 1. The van der Waals surface area contributed by atoms with E-state index < -0.39 is 0 Å². The molecule has 0 radical (unpaired) electrons. The SMILES string of the molecule is CC(C)C1C2C3NCCCC3NC2N(C(C)(C)C)C1C(C)(C)C. The molecule has 6 unspecified atom stereocenters. The zero-order chi connectivity index (χ0) is 17.2. The molecule has 3 nitrogen and oxygen atoms in total. The minimum Gasteiger partial charge on any atom is -0.312 e. The van der Waals surface area contributed by atoms with Crippen LogP contribution in [0.1, 0.15) is 68.2 Å². The molecular formula is C20H39N3. The van der Waals surface area contributed by atoms with Crippen LogP contribution in [0, 0.1) is 23.2 Å². The third-order valence-corrected chi connectivity index (χ3v) is 6.51.